The Morgan fingerprint density at radius 2 is 2.32 bits per heavy atom. The monoisotopic (exact) mass is 341 g/mol. The molecular formula is C12H12BrN3O2S. The second-order valence-electron chi connectivity index (χ2n) is 3.92. The maximum absolute atomic E-state index is 10.5. The first-order chi connectivity index (χ1) is 9.04. The van der Waals surface area contributed by atoms with Gasteiger partial charge >= 0.3 is 5.97 Å². The van der Waals surface area contributed by atoms with E-state index in [0.717, 1.165) is 10.0 Å². The summed E-state index contributed by atoms with van der Waals surface area (Å²) in [5.74, 6) is -0.182. The Hall–Kier alpha value is -1.34. The van der Waals surface area contributed by atoms with Gasteiger partial charge in [0, 0.05) is 17.9 Å². The summed E-state index contributed by atoms with van der Waals surface area (Å²) in [6, 6.07) is 7.94. The van der Waals surface area contributed by atoms with Gasteiger partial charge in [-0.1, -0.05) is 39.8 Å². The number of nitrogens with zero attached hydrogens (tertiary/aromatic N) is 3. The minimum Gasteiger partial charge on any atom is -0.481 e. The molecule has 2 rings (SSSR count). The van der Waals surface area contributed by atoms with E-state index in [1.54, 1.807) is 11.7 Å². The number of hydrogen-bond donors (Lipinski definition) is 1. The lowest BCUT2D eigenvalue weighted by atomic mass is 10.1. The van der Waals surface area contributed by atoms with E-state index in [4.69, 9.17) is 5.11 Å². The molecule has 1 N–H and O–H groups in total. The summed E-state index contributed by atoms with van der Waals surface area (Å²) in [6.07, 6.45) is 0.626. The number of aromatic nitrogens is 3. The van der Waals surface area contributed by atoms with Crippen molar-refractivity contribution >= 4 is 33.7 Å². The molecule has 19 heavy (non-hydrogen) atoms. The SMILES string of the molecule is Cn1nc(Cc2cccc(Br)c2)nc1SCC(=O)O. The molecule has 0 saturated heterocycles. The number of carboxylic acid groups (broad SMARTS) is 1. The Morgan fingerprint density at radius 3 is 3.00 bits per heavy atom. The Labute approximate surface area is 123 Å². The van der Waals surface area contributed by atoms with Crippen LogP contribution < -0.4 is 0 Å². The van der Waals surface area contributed by atoms with Gasteiger partial charge in [-0.05, 0) is 17.7 Å². The highest BCUT2D eigenvalue weighted by Gasteiger charge is 2.10. The van der Waals surface area contributed by atoms with Crippen LogP contribution in [0, 0.1) is 0 Å². The van der Waals surface area contributed by atoms with Crippen molar-refractivity contribution in [1.82, 2.24) is 14.8 Å². The lowest BCUT2D eigenvalue weighted by Gasteiger charge is -1.97. The highest BCUT2D eigenvalue weighted by Crippen LogP contribution is 2.17. The molecule has 0 spiro atoms. The van der Waals surface area contributed by atoms with Crippen LogP contribution in [-0.2, 0) is 18.3 Å². The molecule has 7 heteroatoms. The standard InChI is InChI=1S/C12H12BrN3O2S/c1-16-12(19-7-11(17)18)14-10(15-16)6-8-3-2-4-9(13)5-8/h2-5H,6-7H2,1H3,(H,17,18). The summed E-state index contributed by atoms with van der Waals surface area (Å²) >= 11 is 4.59. The van der Waals surface area contributed by atoms with Crippen molar-refractivity contribution in [2.45, 2.75) is 11.6 Å². The summed E-state index contributed by atoms with van der Waals surface area (Å²) in [6.45, 7) is 0. The smallest absolute Gasteiger partial charge is 0.313 e. The van der Waals surface area contributed by atoms with Crippen LogP contribution in [-0.4, -0.2) is 31.6 Å². The Morgan fingerprint density at radius 1 is 1.53 bits per heavy atom. The van der Waals surface area contributed by atoms with Crippen molar-refractivity contribution in [1.29, 1.82) is 0 Å². The molecule has 0 unspecified atom stereocenters. The zero-order valence-corrected chi connectivity index (χ0v) is 12.6. The molecule has 0 amide bonds. The van der Waals surface area contributed by atoms with Crippen molar-refractivity contribution in [3.05, 3.63) is 40.1 Å². The highest BCUT2D eigenvalue weighted by atomic mass is 79.9. The minimum atomic E-state index is -0.860. The quantitative estimate of drug-likeness (QED) is 0.845. The molecule has 0 saturated carbocycles. The van der Waals surface area contributed by atoms with Gasteiger partial charge in [0.15, 0.2) is 11.0 Å². The van der Waals surface area contributed by atoms with E-state index in [-0.39, 0.29) is 5.75 Å². The Balaban J connectivity index is 2.09. The van der Waals surface area contributed by atoms with Gasteiger partial charge in [-0.2, -0.15) is 5.10 Å². The molecule has 1 aromatic carbocycles. The molecule has 0 aliphatic heterocycles. The third-order valence-electron chi connectivity index (χ3n) is 2.34. The number of aliphatic carboxylic acids is 1. The van der Waals surface area contributed by atoms with Gasteiger partial charge in [-0.3, -0.25) is 4.79 Å². The van der Waals surface area contributed by atoms with Gasteiger partial charge in [0.1, 0.15) is 0 Å². The van der Waals surface area contributed by atoms with E-state index in [2.05, 4.69) is 26.0 Å². The third kappa shape index (κ3) is 4.07. The zero-order chi connectivity index (χ0) is 13.8. The van der Waals surface area contributed by atoms with Crippen LogP contribution in [0.2, 0.25) is 0 Å². The van der Waals surface area contributed by atoms with Crippen molar-refractivity contribution in [2.24, 2.45) is 7.05 Å². The zero-order valence-electron chi connectivity index (χ0n) is 10.2. The van der Waals surface area contributed by atoms with Gasteiger partial charge in [-0.15, -0.1) is 0 Å². The van der Waals surface area contributed by atoms with E-state index < -0.39 is 5.97 Å². The number of halogens is 1. The number of benzene rings is 1. The second kappa shape index (κ2) is 6.21. The number of hydrogen-bond acceptors (Lipinski definition) is 4. The van der Waals surface area contributed by atoms with E-state index >= 15 is 0 Å². The first kappa shape index (κ1) is 14.1. The van der Waals surface area contributed by atoms with E-state index in [9.17, 15) is 4.79 Å². The number of carbonyl (C=O) groups is 1. The largest absolute Gasteiger partial charge is 0.481 e. The summed E-state index contributed by atoms with van der Waals surface area (Å²) in [7, 11) is 1.77. The summed E-state index contributed by atoms with van der Waals surface area (Å²) in [5, 5.41) is 13.6. The van der Waals surface area contributed by atoms with Crippen LogP contribution in [0.4, 0.5) is 0 Å². The van der Waals surface area contributed by atoms with Gasteiger partial charge in [0.05, 0.1) is 5.75 Å². The number of aryl methyl sites for hydroxylation is 1. The fraction of sp³-hybridized carbons (Fsp3) is 0.250. The van der Waals surface area contributed by atoms with Gasteiger partial charge in [-0.25, -0.2) is 9.67 Å². The van der Waals surface area contributed by atoms with Crippen LogP contribution in [0.3, 0.4) is 0 Å². The molecule has 1 aromatic heterocycles. The van der Waals surface area contributed by atoms with Crippen LogP contribution in [0.5, 0.6) is 0 Å². The molecule has 0 aliphatic rings. The van der Waals surface area contributed by atoms with Crippen LogP contribution in [0.15, 0.2) is 33.9 Å². The molecule has 1 heterocycles. The van der Waals surface area contributed by atoms with E-state index in [1.165, 1.54) is 11.8 Å². The highest BCUT2D eigenvalue weighted by molar-refractivity contribution is 9.10. The Kier molecular flexibility index (Phi) is 4.60. The molecule has 5 nitrogen and oxygen atoms in total. The van der Waals surface area contributed by atoms with Crippen LogP contribution in [0.1, 0.15) is 11.4 Å². The minimum absolute atomic E-state index is 0.0111. The average molecular weight is 342 g/mol. The van der Waals surface area contributed by atoms with Gasteiger partial charge < -0.3 is 5.11 Å². The van der Waals surface area contributed by atoms with Gasteiger partial charge in [0.2, 0.25) is 0 Å². The van der Waals surface area contributed by atoms with Crippen molar-refractivity contribution in [2.75, 3.05) is 5.75 Å². The maximum atomic E-state index is 10.5. The summed E-state index contributed by atoms with van der Waals surface area (Å²) in [4.78, 5) is 14.9. The van der Waals surface area contributed by atoms with Crippen molar-refractivity contribution < 1.29 is 9.90 Å². The molecule has 0 bridgehead atoms. The molecule has 0 radical (unpaired) electrons. The fourth-order valence-electron chi connectivity index (χ4n) is 1.58. The first-order valence-electron chi connectivity index (χ1n) is 5.53. The van der Waals surface area contributed by atoms with E-state index in [1.807, 2.05) is 24.3 Å². The lowest BCUT2D eigenvalue weighted by Crippen LogP contribution is -2.00. The van der Waals surface area contributed by atoms with Gasteiger partial charge in [0.25, 0.3) is 0 Å². The van der Waals surface area contributed by atoms with Crippen molar-refractivity contribution in [3.63, 3.8) is 0 Å². The molecule has 0 atom stereocenters. The number of carboxylic acids is 1. The lowest BCUT2D eigenvalue weighted by molar-refractivity contribution is -0.133. The summed E-state index contributed by atoms with van der Waals surface area (Å²) < 4.78 is 2.63. The number of rotatable bonds is 5. The first-order valence-corrected chi connectivity index (χ1v) is 7.31. The Bertz CT molecular complexity index is 600. The average Bonchev–Trinajstić information content (AvgIpc) is 2.67. The van der Waals surface area contributed by atoms with Crippen molar-refractivity contribution in [3.8, 4) is 0 Å². The third-order valence-corrected chi connectivity index (χ3v) is 3.84. The molecule has 0 fully saturated rings. The van der Waals surface area contributed by atoms with Crippen LogP contribution >= 0.6 is 27.7 Å². The normalized spacial score (nSPS) is 10.6. The molecule has 0 aliphatic carbocycles. The fourth-order valence-corrected chi connectivity index (χ4v) is 2.67. The van der Waals surface area contributed by atoms with E-state index in [0.29, 0.717) is 17.4 Å². The van der Waals surface area contributed by atoms with Crippen LogP contribution in [0.25, 0.3) is 0 Å². The summed E-state index contributed by atoms with van der Waals surface area (Å²) in [5.41, 5.74) is 1.11. The predicted molar refractivity (Wildman–Crippen MR) is 76.3 cm³/mol. The second-order valence-corrected chi connectivity index (χ2v) is 5.78. The maximum Gasteiger partial charge on any atom is 0.313 e. The molecule has 2 aromatic rings. The molecule has 100 valence electrons. The number of thioether (sulfide) groups is 1. The molecular weight excluding hydrogens is 330 g/mol. The predicted octanol–water partition coefficient (Wildman–Crippen LogP) is 2.35. The topological polar surface area (TPSA) is 68.0 Å².